The van der Waals surface area contributed by atoms with Crippen LogP contribution in [0.15, 0.2) is 0 Å². The van der Waals surface area contributed by atoms with Crippen LogP contribution in [0.1, 0.15) is 46.0 Å². The molecule has 2 unspecified atom stereocenters. The van der Waals surface area contributed by atoms with Gasteiger partial charge >= 0.3 is 0 Å². The number of hydrogen-bond donors (Lipinski definition) is 2. The summed E-state index contributed by atoms with van der Waals surface area (Å²) < 4.78 is 0. The van der Waals surface area contributed by atoms with Crippen LogP contribution >= 0.6 is 0 Å². The van der Waals surface area contributed by atoms with Gasteiger partial charge in [-0.05, 0) is 31.1 Å². The van der Waals surface area contributed by atoms with E-state index < -0.39 is 0 Å². The maximum absolute atomic E-state index is 5.50. The molecule has 0 aromatic carbocycles. The molecule has 0 aromatic heterocycles. The van der Waals surface area contributed by atoms with Crippen molar-refractivity contribution in [2.75, 3.05) is 13.1 Å². The van der Waals surface area contributed by atoms with Gasteiger partial charge in [-0.25, -0.2) is 0 Å². The zero-order chi connectivity index (χ0) is 10.4. The molecule has 0 spiro atoms. The Balaban J connectivity index is 2.21. The molecule has 0 aromatic rings. The summed E-state index contributed by atoms with van der Waals surface area (Å²) >= 11 is 0. The molecule has 1 saturated carbocycles. The molecule has 2 nitrogen and oxygen atoms in total. The first-order chi connectivity index (χ1) is 6.72. The van der Waals surface area contributed by atoms with E-state index in [4.69, 9.17) is 5.73 Å². The Kier molecular flexibility index (Phi) is 5.49. The first-order valence-electron chi connectivity index (χ1n) is 6.15. The van der Waals surface area contributed by atoms with Gasteiger partial charge in [0.25, 0.3) is 0 Å². The molecule has 1 aliphatic rings. The van der Waals surface area contributed by atoms with Crippen LogP contribution in [0.5, 0.6) is 0 Å². The fourth-order valence-corrected chi connectivity index (χ4v) is 2.64. The van der Waals surface area contributed by atoms with Gasteiger partial charge < -0.3 is 11.1 Å². The normalized spacial score (nSPS) is 28.3. The zero-order valence-corrected chi connectivity index (χ0v) is 9.76. The van der Waals surface area contributed by atoms with Gasteiger partial charge in [0.15, 0.2) is 0 Å². The second kappa shape index (κ2) is 6.41. The van der Waals surface area contributed by atoms with Crippen molar-refractivity contribution in [2.24, 2.45) is 17.6 Å². The summed E-state index contributed by atoms with van der Waals surface area (Å²) in [6, 6.07) is 0.746. The molecule has 1 fully saturated rings. The average Bonchev–Trinajstić information content (AvgIpc) is 2.14. The van der Waals surface area contributed by atoms with E-state index in [2.05, 4.69) is 19.2 Å². The van der Waals surface area contributed by atoms with Crippen molar-refractivity contribution in [3.05, 3.63) is 0 Å². The van der Waals surface area contributed by atoms with Crippen molar-refractivity contribution in [2.45, 2.75) is 52.0 Å². The molecule has 14 heavy (non-hydrogen) atoms. The van der Waals surface area contributed by atoms with E-state index in [-0.39, 0.29) is 0 Å². The summed E-state index contributed by atoms with van der Waals surface area (Å²) in [6.07, 6.45) is 6.98. The van der Waals surface area contributed by atoms with Gasteiger partial charge in [0.2, 0.25) is 0 Å². The standard InChI is InChI=1S/C12H26N2/c1-10(2)8-11-4-3-5-12(9-11)14-7-6-13/h10-12,14H,3-9,13H2,1-2H3. The molecule has 0 radical (unpaired) electrons. The molecule has 2 atom stereocenters. The summed E-state index contributed by atoms with van der Waals surface area (Å²) in [5, 5.41) is 3.55. The summed E-state index contributed by atoms with van der Waals surface area (Å²) in [6.45, 7) is 6.41. The Morgan fingerprint density at radius 1 is 1.36 bits per heavy atom. The summed E-state index contributed by atoms with van der Waals surface area (Å²) in [4.78, 5) is 0. The van der Waals surface area contributed by atoms with Crippen molar-refractivity contribution in [3.63, 3.8) is 0 Å². The van der Waals surface area contributed by atoms with E-state index in [0.717, 1.165) is 31.0 Å². The van der Waals surface area contributed by atoms with E-state index in [1.54, 1.807) is 0 Å². The molecular formula is C12H26N2. The Labute approximate surface area is 88.6 Å². The molecule has 0 aliphatic heterocycles. The number of nitrogens with two attached hydrogens (primary N) is 1. The van der Waals surface area contributed by atoms with Gasteiger partial charge in [-0.3, -0.25) is 0 Å². The maximum atomic E-state index is 5.50. The fraction of sp³-hybridized carbons (Fsp3) is 1.00. The predicted octanol–water partition coefficient (Wildman–Crippen LogP) is 2.14. The highest BCUT2D eigenvalue weighted by Gasteiger charge is 2.21. The van der Waals surface area contributed by atoms with Crippen molar-refractivity contribution < 1.29 is 0 Å². The SMILES string of the molecule is CC(C)CC1CCCC(NCCN)C1. The van der Waals surface area contributed by atoms with Gasteiger partial charge in [0.1, 0.15) is 0 Å². The lowest BCUT2D eigenvalue weighted by Gasteiger charge is -2.30. The lowest BCUT2D eigenvalue weighted by atomic mass is 9.81. The van der Waals surface area contributed by atoms with E-state index in [9.17, 15) is 0 Å². The highest BCUT2D eigenvalue weighted by atomic mass is 14.9. The zero-order valence-electron chi connectivity index (χ0n) is 9.76. The second-order valence-corrected chi connectivity index (χ2v) is 5.10. The van der Waals surface area contributed by atoms with Crippen molar-refractivity contribution in [3.8, 4) is 0 Å². The Hall–Kier alpha value is -0.0800. The molecule has 3 N–H and O–H groups in total. The number of hydrogen-bond acceptors (Lipinski definition) is 2. The van der Waals surface area contributed by atoms with Crippen LogP contribution in [0.4, 0.5) is 0 Å². The van der Waals surface area contributed by atoms with Gasteiger partial charge in [0.05, 0.1) is 0 Å². The Morgan fingerprint density at radius 3 is 2.79 bits per heavy atom. The highest BCUT2D eigenvalue weighted by molar-refractivity contribution is 4.78. The van der Waals surface area contributed by atoms with E-state index >= 15 is 0 Å². The smallest absolute Gasteiger partial charge is 0.00770 e. The molecule has 0 saturated heterocycles. The molecule has 2 heteroatoms. The lowest BCUT2D eigenvalue weighted by Crippen LogP contribution is -2.37. The minimum atomic E-state index is 0.746. The van der Waals surface area contributed by atoms with E-state index in [0.29, 0.717) is 0 Å². The number of rotatable bonds is 5. The van der Waals surface area contributed by atoms with Gasteiger partial charge in [-0.15, -0.1) is 0 Å². The van der Waals surface area contributed by atoms with E-state index in [1.807, 2.05) is 0 Å². The Bertz CT molecular complexity index is 145. The number of nitrogens with one attached hydrogen (secondary N) is 1. The maximum Gasteiger partial charge on any atom is 0.00770 e. The van der Waals surface area contributed by atoms with Crippen LogP contribution in [-0.4, -0.2) is 19.1 Å². The average molecular weight is 198 g/mol. The third-order valence-electron chi connectivity index (χ3n) is 3.16. The molecule has 0 bridgehead atoms. The summed E-state index contributed by atoms with van der Waals surface area (Å²) in [5.74, 6) is 1.81. The van der Waals surface area contributed by atoms with Crippen LogP contribution < -0.4 is 11.1 Å². The molecule has 0 heterocycles. The largest absolute Gasteiger partial charge is 0.329 e. The monoisotopic (exact) mass is 198 g/mol. The predicted molar refractivity (Wildman–Crippen MR) is 62.3 cm³/mol. The fourth-order valence-electron chi connectivity index (χ4n) is 2.64. The topological polar surface area (TPSA) is 38.0 Å². The second-order valence-electron chi connectivity index (χ2n) is 5.10. The minimum absolute atomic E-state index is 0.746. The van der Waals surface area contributed by atoms with Crippen molar-refractivity contribution in [1.82, 2.24) is 5.32 Å². The molecule has 1 aliphatic carbocycles. The summed E-state index contributed by atoms with van der Waals surface area (Å²) in [5.41, 5.74) is 5.50. The molecule has 1 rings (SSSR count). The van der Waals surface area contributed by atoms with Crippen LogP contribution in [0, 0.1) is 11.8 Å². The van der Waals surface area contributed by atoms with Gasteiger partial charge in [-0.2, -0.15) is 0 Å². The third kappa shape index (κ3) is 4.43. The van der Waals surface area contributed by atoms with Gasteiger partial charge in [0, 0.05) is 19.1 Å². The minimum Gasteiger partial charge on any atom is -0.329 e. The first-order valence-corrected chi connectivity index (χ1v) is 6.15. The Morgan fingerprint density at radius 2 is 2.14 bits per heavy atom. The lowest BCUT2D eigenvalue weighted by molar-refractivity contribution is 0.254. The van der Waals surface area contributed by atoms with Crippen molar-refractivity contribution >= 4 is 0 Å². The van der Waals surface area contributed by atoms with E-state index in [1.165, 1.54) is 32.1 Å². The molecule has 84 valence electrons. The van der Waals surface area contributed by atoms with Gasteiger partial charge in [-0.1, -0.05) is 26.7 Å². The van der Waals surface area contributed by atoms with Crippen molar-refractivity contribution in [1.29, 1.82) is 0 Å². The highest BCUT2D eigenvalue weighted by Crippen LogP contribution is 2.29. The van der Waals surface area contributed by atoms with Crippen LogP contribution in [0.3, 0.4) is 0 Å². The summed E-state index contributed by atoms with van der Waals surface area (Å²) in [7, 11) is 0. The molecule has 0 amide bonds. The third-order valence-corrected chi connectivity index (χ3v) is 3.16. The quantitative estimate of drug-likeness (QED) is 0.710. The molecular weight excluding hydrogens is 172 g/mol. The first kappa shape index (κ1) is 12.0. The van der Waals surface area contributed by atoms with Crippen LogP contribution in [0.25, 0.3) is 0 Å². The van der Waals surface area contributed by atoms with Crippen LogP contribution in [-0.2, 0) is 0 Å². The van der Waals surface area contributed by atoms with Crippen LogP contribution in [0.2, 0.25) is 0 Å².